The first-order valence-corrected chi connectivity index (χ1v) is 5.51. The van der Waals surface area contributed by atoms with Crippen LogP contribution in [0.1, 0.15) is 16.7 Å². The third-order valence-electron chi connectivity index (χ3n) is 2.74. The van der Waals surface area contributed by atoms with Crippen LogP contribution >= 0.6 is 0 Å². The van der Waals surface area contributed by atoms with Gasteiger partial charge in [0.15, 0.2) is 0 Å². The molecule has 0 radical (unpaired) electrons. The Labute approximate surface area is 101 Å². The maximum absolute atomic E-state index is 10.2. The molecule has 2 heteroatoms. The van der Waals surface area contributed by atoms with E-state index in [9.17, 15) is 4.79 Å². The van der Waals surface area contributed by atoms with Crippen molar-refractivity contribution in [2.75, 3.05) is 0 Å². The van der Waals surface area contributed by atoms with E-state index >= 15 is 0 Å². The molecule has 2 aromatic rings. The van der Waals surface area contributed by atoms with Crippen molar-refractivity contribution < 1.29 is 4.79 Å². The lowest BCUT2D eigenvalue weighted by Gasteiger charge is -2.06. The summed E-state index contributed by atoms with van der Waals surface area (Å²) in [5.41, 5.74) is 4.31. The van der Waals surface area contributed by atoms with Crippen molar-refractivity contribution in [1.29, 1.82) is 0 Å². The number of hydrogen-bond acceptors (Lipinski definition) is 2. The van der Waals surface area contributed by atoms with Gasteiger partial charge < -0.3 is 0 Å². The highest BCUT2D eigenvalue weighted by molar-refractivity contribution is 5.52. The zero-order valence-electron chi connectivity index (χ0n) is 9.68. The normalized spacial score (nSPS) is 9.71. The summed E-state index contributed by atoms with van der Waals surface area (Å²) in [5.74, 6) is 0. The minimum Gasteiger partial charge on any atom is -0.211 e. The molecule has 84 valence electrons. The average Bonchev–Trinajstić information content (AvgIpc) is 2.35. The topological polar surface area (TPSA) is 29.4 Å². The quantitative estimate of drug-likeness (QED) is 0.578. The summed E-state index contributed by atoms with van der Waals surface area (Å²) < 4.78 is 0. The fourth-order valence-corrected chi connectivity index (χ4v) is 1.79. The first-order chi connectivity index (χ1) is 8.29. The standard InChI is InChI=1S/C15H13NO/c1-12-7-8-15(16-11-17)10-14(12)9-13-5-3-2-4-6-13/h2-8,10H,9H2,1H3. The molecule has 0 aliphatic heterocycles. The van der Waals surface area contributed by atoms with E-state index in [4.69, 9.17) is 0 Å². The van der Waals surface area contributed by atoms with E-state index in [1.165, 1.54) is 16.7 Å². The molecule has 0 fully saturated rings. The number of hydrogen-bond donors (Lipinski definition) is 0. The molecule has 0 saturated heterocycles. The lowest BCUT2D eigenvalue weighted by atomic mass is 10.00. The van der Waals surface area contributed by atoms with Crippen molar-refractivity contribution >= 4 is 11.8 Å². The molecule has 0 saturated carbocycles. The largest absolute Gasteiger partial charge is 0.240 e. The number of nitrogens with zero attached hydrogens (tertiary/aromatic N) is 1. The van der Waals surface area contributed by atoms with Gasteiger partial charge in [-0.3, -0.25) is 0 Å². The molecule has 17 heavy (non-hydrogen) atoms. The van der Waals surface area contributed by atoms with E-state index in [1.807, 2.05) is 36.4 Å². The molecule has 0 N–H and O–H groups in total. The van der Waals surface area contributed by atoms with Gasteiger partial charge in [0.05, 0.1) is 5.69 Å². The number of benzene rings is 2. The predicted molar refractivity (Wildman–Crippen MR) is 68.2 cm³/mol. The van der Waals surface area contributed by atoms with Crippen molar-refractivity contribution in [1.82, 2.24) is 0 Å². The van der Waals surface area contributed by atoms with Gasteiger partial charge in [-0.1, -0.05) is 36.4 Å². The van der Waals surface area contributed by atoms with Gasteiger partial charge in [-0.2, -0.15) is 4.99 Å². The second-order valence-corrected chi connectivity index (χ2v) is 3.98. The van der Waals surface area contributed by atoms with Crippen molar-refractivity contribution in [3.8, 4) is 0 Å². The summed E-state index contributed by atoms with van der Waals surface area (Å²) in [7, 11) is 0. The minimum absolute atomic E-state index is 0.663. The van der Waals surface area contributed by atoms with E-state index in [0.717, 1.165) is 6.42 Å². The van der Waals surface area contributed by atoms with Gasteiger partial charge in [0, 0.05) is 0 Å². The van der Waals surface area contributed by atoms with Crippen LogP contribution in [0.4, 0.5) is 5.69 Å². The fraction of sp³-hybridized carbons (Fsp3) is 0.133. The van der Waals surface area contributed by atoms with Crippen molar-refractivity contribution in [3.05, 3.63) is 65.2 Å². The van der Waals surface area contributed by atoms with Gasteiger partial charge >= 0.3 is 0 Å². The van der Waals surface area contributed by atoms with E-state index in [1.54, 1.807) is 6.08 Å². The number of aryl methyl sites for hydroxylation is 1. The summed E-state index contributed by atoms with van der Waals surface area (Å²) in [6.07, 6.45) is 2.43. The molecule has 0 amide bonds. The lowest BCUT2D eigenvalue weighted by Crippen LogP contribution is -1.91. The van der Waals surface area contributed by atoms with Gasteiger partial charge in [-0.15, -0.1) is 0 Å². The Bertz CT molecular complexity index is 554. The van der Waals surface area contributed by atoms with Crippen LogP contribution in [0.15, 0.2) is 53.5 Å². The number of aliphatic imine (C=N–C) groups is 1. The predicted octanol–water partition coefficient (Wildman–Crippen LogP) is 3.55. The van der Waals surface area contributed by atoms with E-state index < -0.39 is 0 Å². The Morgan fingerprint density at radius 2 is 1.88 bits per heavy atom. The first-order valence-electron chi connectivity index (χ1n) is 5.51. The molecule has 2 rings (SSSR count). The molecule has 0 aliphatic rings. The molecule has 0 aromatic heterocycles. The molecule has 0 atom stereocenters. The minimum atomic E-state index is 0.663. The van der Waals surface area contributed by atoms with Gasteiger partial charge in [0.2, 0.25) is 6.08 Å². The second-order valence-electron chi connectivity index (χ2n) is 3.98. The van der Waals surface area contributed by atoms with Gasteiger partial charge in [-0.25, -0.2) is 4.79 Å². The maximum Gasteiger partial charge on any atom is 0.240 e. The zero-order chi connectivity index (χ0) is 12.1. The lowest BCUT2D eigenvalue weighted by molar-refractivity contribution is 0.565. The van der Waals surface area contributed by atoms with Crippen LogP contribution in [-0.4, -0.2) is 6.08 Å². The van der Waals surface area contributed by atoms with Crippen molar-refractivity contribution in [2.24, 2.45) is 4.99 Å². The third kappa shape index (κ3) is 2.90. The summed E-state index contributed by atoms with van der Waals surface area (Å²) in [4.78, 5) is 13.9. The van der Waals surface area contributed by atoms with Gasteiger partial charge in [0.25, 0.3) is 0 Å². The van der Waals surface area contributed by atoms with Crippen LogP contribution in [0.3, 0.4) is 0 Å². The monoisotopic (exact) mass is 223 g/mol. The van der Waals surface area contributed by atoms with Crippen LogP contribution in [0.25, 0.3) is 0 Å². The van der Waals surface area contributed by atoms with Crippen LogP contribution in [0.2, 0.25) is 0 Å². The highest BCUT2D eigenvalue weighted by Gasteiger charge is 2.01. The van der Waals surface area contributed by atoms with Crippen LogP contribution < -0.4 is 0 Å². The Hall–Kier alpha value is -2.18. The SMILES string of the molecule is Cc1ccc(N=C=O)cc1Cc1ccccc1. The number of rotatable bonds is 3. The molecule has 0 unspecified atom stereocenters. The van der Waals surface area contributed by atoms with Crippen LogP contribution in [0.5, 0.6) is 0 Å². The molecule has 2 nitrogen and oxygen atoms in total. The van der Waals surface area contributed by atoms with Crippen LogP contribution in [-0.2, 0) is 11.2 Å². The Morgan fingerprint density at radius 3 is 2.59 bits per heavy atom. The van der Waals surface area contributed by atoms with Crippen molar-refractivity contribution in [2.45, 2.75) is 13.3 Å². The second kappa shape index (κ2) is 5.24. The highest BCUT2D eigenvalue weighted by Crippen LogP contribution is 2.20. The fourth-order valence-electron chi connectivity index (χ4n) is 1.79. The average molecular weight is 223 g/mol. The molecule has 0 heterocycles. The summed E-state index contributed by atoms with van der Waals surface area (Å²) >= 11 is 0. The van der Waals surface area contributed by atoms with Gasteiger partial charge in [0.1, 0.15) is 0 Å². The highest BCUT2D eigenvalue weighted by atomic mass is 16.1. The van der Waals surface area contributed by atoms with E-state index in [0.29, 0.717) is 5.69 Å². The Morgan fingerprint density at radius 1 is 1.12 bits per heavy atom. The number of carbonyl (C=O) groups excluding carboxylic acids is 1. The summed E-state index contributed by atoms with van der Waals surface area (Å²) in [5, 5.41) is 0. The van der Waals surface area contributed by atoms with E-state index in [-0.39, 0.29) is 0 Å². The van der Waals surface area contributed by atoms with Crippen molar-refractivity contribution in [3.63, 3.8) is 0 Å². The summed E-state index contributed by atoms with van der Waals surface area (Å²) in [6, 6.07) is 16.0. The smallest absolute Gasteiger partial charge is 0.211 e. The molecule has 0 bridgehead atoms. The van der Waals surface area contributed by atoms with Crippen LogP contribution in [0, 0.1) is 6.92 Å². The Balaban J connectivity index is 2.32. The Kier molecular flexibility index (Phi) is 3.49. The first kappa shape index (κ1) is 11.3. The molecule has 0 spiro atoms. The molecular formula is C15H13NO. The molecular weight excluding hydrogens is 210 g/mol. The third-order valence-corrected chi connectivity index (χ3v) is 2.74. The summed E-state index contributed by atoms with van der Waals surface area (Å²) in [6.45, 7) is 2.06. The number of isocyanates is 1. The molecule has 0 aliphatic carbocycles. The molecule has 2 aromatic carbocycles. The van der Waals surface area contributed by atoms with E-state index in [2.05, 4.69) is 24.0 Å². The maximum atomic E-state index is 10.2. The van der Waals surface area contributed by atoms with Gasteiger partial charge in [-0.05, 0) is 42.2 Å². The zero-order valence-corrected chi connectivity index (χ0v) is 9.68.